The van der Waals surface area contributed by atoms with Crippen molar-refractivity contribution in [3.05, 3.63) is 0 Å². The summed E-state index contributed by atoms with van der Waals surface area (Å²) in [5.74, 6) is 0. The first-order valence-corrected chi connectivity index (χ1v) is 6.80. The summed E-state index contributed by atoms with van der Waals surface area (Å²) in [5.41, 5.74) is 0. The normalized spacial score (nSPS) is 4.50. The van der Waals surface area contributed by atoms with Crippen LogP contribution in [0.5, 0.6) is 0 Å². The fourth-order valence-electron chi connectivity index (χ4n) is 0. The van der Waals surface area contributed by atoms with Crippen LogP contribution in [0.3, 0.4) is 0 Å². The third-order valence-electron chi connectivity index (χ3n) is 0. The van der Waals surface area contributed by atoms with E-state index in [1.165, 1.54) is 3.87 Å². The second-order valence-electron chi connectivity index (χ2n) is 0.0639. The summed E-state index contributed by atoms with van der Waals surface area (Å²) in [6.07, 6.45) is 0. The molecule has 0 aliphatic rings. The molecule has 0 fully saturated rings. The minimum absolute atomic E-state index is 0. The Labute approximate surface area is 96.4 Å². The molecule has 20 valence electrons. The first kappa shape index (κ1) is 10.5. The van der Waals surface area contributed by atoms with Crippen molar-refractivity contribution in [2.24, 2.45) is 0 Å². The molecule has 0 aromatic heterocycles. The standard InChI is InChI=1S/I2P.K/c1-3-2;/q-1;+1. The van der Waals surface area contributed by atoms with Gasteiger partial charge in [0, 0.05) is 0 Å². The maximum absolute atomic E-state index is 2.25. The van der Waals surface area contributed by atoms with Crippen molar-refractivity contribution < 1.29 is 51.4 Å². The van der Waals surface area contributed by atoms with E-state index in [2.05, 4.69) is 44.1 Å². The maximum Gasteiger partial charge on any atom is 1.00 e. The summed E-state index contributed by atoms with van der Waals surface area (Å²) in [6.45, 7) is 0. The van der Waals surface area contributed by atoms with Gasteiger partial charge in [-0.3, -0.25) is 0 Å². The van der Waals surface area contributed by atoms with Crippen molar-refractivity contribution >= 4 is 47.9 Å². The molecule has 0 N–H and O–H groups in total. The molecule has 0 bridgehead atoms. The molecule has 0 unspecified atom stereocenters. The predicted octanol–water partition coefficient (Wildman–Crippen LogP) is -0.363. The molecule has 0 aromatic carbocycles. The van der Waals surface area contributed by atoms with E-state index in [4.69, 9.17) is 0 Å². The molecule has 0 spiro atoms. The van der Waals surface area contributed by atoms with Crippen LogP contribution in [0.2, 0.25) is 0 Å². The number of hydrogen-bond acceptors (Lipinski definition) is 0. The molecule has 0 atom stereocenters. The molecule has 0 rings (SSSR count). The molecule has 0 saturated carbocycles. The van der Waals surface area contributed by atoms with Crippen LogP contribution < -0.4 is 51.4 Å². The second kappa shape index (κ2) is 9.73. The van der Waals surface area contributed by atoms with Gasteiger partial charge < -0.3 is 47.9 Å². The van der Waals surface area contributed by atoms with Gasteiger partial charge in [-0.1, -0.05) is 0 Å². The smallest absolute Gasteiger partial charge is 0.389 e. The molecule has 0 heterocycles. The van der Waals surface area contributed by atoms with E-state index in [9.17, 15) is 0 Å². The summed E-state index contributed by atoms with van der Waals surface area (Å²) in [6, 6.07) is 0. The van der Waals surface area contributed by atoms with Gasteiger partial charge in [0.25, 0.3) is 0 Å². The maximum atomic E-state index is 2.25. The topological polar surface area (TPSA) is 0 Å². The van der Waals surface area contributed by atoms with Gasteiger partial charge in [-0.2, -0.15) is 0 Å². The van der Waals surface area contributed by atoms with Crippen LogP contribution in [-0.4, -0.2) is 0 Å². The van der Waals surface area contributed by atoms with Crippen LogP contribution >= 0.6 is 47.9 Å². The van der Waals surface area contributed by atoms with Crippen molar-refractivity contribution in [1.82, 2.24) is 0 Å². The second-order valence-corrected chi connectivity index (χ2v) is 8.62. The van der Waals surface area contributed by atoms with Crippen LogP contribution in [0.15, 0.2) is 0 Å². The molecule has 4 heteroatoms. The Bertz CT molecular complexity index is 6.00. The van der Waals surface area contributed by atoms with Crippen LogP contribution in [0.1, 0.15) is 0 Å². The molecule has 4 heavy (non-hydrogen) atoms. The minimum Gasteiger partial charge on any atom is -0.389 e. The van der Waals surface area contributed by atoms with Gasteiger partial charge in [0.1, 0.15) is 0 Å². The first-order valence-electron chi connectivity index (χ1n) is 0.338. The van der Waals surface area contributed by atoms with Gasteiger partial charge in [-0.25, -0.2) is 0 Å². The number of hydrogen-bond donors (Lipinski definition) is 0. The van der Waals surface area contributed by atoms with Gasteiger partial charge >= 0.3 is 51.4 Å². The van der Waals surface area contributed by atoms with E-state index in [-0.39, 0.29) is 51.4 Å². The van der Waals surface area contributed by atoms with E-state index in [0.29, 0.717) is 0 Å². The van der Waals surface area contributed by atoms with E-state index < -0.39 is 0 Å². The summed E-state index contributed by atoms with van der Waals surface area (Å²) >= 11 is 4.49. The van der Waals surface area contributed by atoms with Gasteiger partial charge in [-0.15, -0.1) is 0 Å². The molecule has 0 radical (unpaired) electrons. The molecule has 0 saturated heterocycles. The first-order chi connectivity index (χ1) is 1.41. The van der Waals surface area contributed by atoms with E-state index in [1.54, 1.807) is 0 Å². The summed E-state index contributed by atoms with van der Waals surface area (Å²) in [4.78, 5) is 0. The zero-order valence-corrected chi connectivity index (χ0v) is 10.5. The SMILES string of the molecule is I[P-]I.[K+]. The minimum atomic E-state index is 0. The van der Waals surface area contributed by atoms with E-state index in [0.717, 1.165) is 0 Å². The van der Waals surface area contributed by atoms with Crippen molar-refractivity contribution in [3.63, 3.8) is 0 Å². The third kappa shape index (κ3) is 9.11. The Balaban J connectivity index is 0. The zero-order valence-electron chi connectivity index (χ0n) is 2.20. The van der Waals surface area contributed by atoms with E-state index in [1.807, 2.05) is 0 Å². The number of halogens is 2. The van der Waals surface area contributed by atoms with Crippen LogP contribution in [-0.2, 0) is 0 Å². The van der Waals surface area contributed by atoms with Crippen molar-refractivity contribution in [2.75, 3.05) is 0 Å². The van der Waals surface area contributed by atoms with Crippen LogP contribution in [0.4, 0.5) is 0 Å². The monoisotopic (exact) mass is 324 g/mol. The van der Waals surface area contributed by atoms with Crippen molar-refractivity contribution in [3.8, 4) is 0 Å². The summed E-state index contributed by atoms with van der Waals surface area (Å²) in [5, 5.41) is 0. The Morgan fingerprint density at radius 3 is 1.25 bits per heavy atom. The zero-order chi connectivity index (χ0) is 2.71. The molecular weight excluding hydrogens is 324 g/mol. The average Bonchev–Trinajstić information content (AvgIpc) is 0.918. The fourth-order valence-corrected chi connectivity index (χ4v) is 0. The molecule has 0 nitrogen and oxygen atoms in total. The van der Waals surface area contributed by atoms with Gasteiger partial charge in [0.15, 0.2) is 0 Å². The Kier molecular flexibility index (Phi) is 25.5. The summed E-state index contributed by atoms with van der Waals surface area (Å²) < 4.78 is 1.36. The molecule has 0 aliphatic heterocycles. The molecule has 0 amide bonds. The average molecular weight is 324 g/mol. The van der Waals surface area contributed by atoms with Gasteiger partial charge in [-0.05, 0) is 0 Å². The Morgan fingerprint density at radius 1 is 1.25 bits per heavy atom. The largest absolute Gasteiger partial charge is 1.00 e. The Hall–Kier alpha value is 3.53. The Morgan fingerprint density at radius 2 is 1.25 bits per heavy atom. The van der Waals surface area contributed by atoms with Crippen LogP contribution in [0.25, 0.3) is 0 Å². The molecular formula is I2KP. The van der Waals surface area contributed by atoms with Gasteiger partial charge in [0.2, 0.25) is 0 Å². The quantitative estimate of drug-likeness (QED) is 0.324. The van der Waals surface area contributed by atoms with Crippen LogP contribution in [0, 0.1) is 0 Å². The van der Waals surface area contributed by atoms with E-state index >= 15 is 0 Å². The van der Waals surface area contributed by atoms with Crippen molar-refractivity contribution in [1.29, 1.82) is 0 Å². The molecule has 0 aliphatic carbocycles. The van der Waals surface area contributed by atoms with Crippen molar-refractivity contribution in [2.45, 2.75) is 0 Å². The fraction of sp³-hybridized carbons (Fsp3) is 0. The van der Waals surface area contributed by atoms with Gasteiger partial charge in [0.05, 0.1) is 0 Å². The number of rotatable bonds is 0. The third-order valence-corrected chi connectivity index (χ3v) is 0. The summed E-state index contributed by atoms with van der Waals surface area (Å²) in [7, 11) is 0. The predicted molar refractivity (Wildman–Crippen MR) is 35.0 cm³/mol. The molecule has 0 aromatic rings.